The SMILES string of the molecule is CC[C@@H]1C[C@]1(CC(=O)[C@@H]1C[C@@H](OC(=O)N2Cc3cccc(Cl)c3C2)CN1C(=O)[C@@H](Nc1cc(C)cc(F)c1)C(C)(C)C)C(=O)NS(=O)C1CC1. The lowest BCUT2D eigenvalue weighted by molar-refractivity contribution is -0.141. The molecule has 2 aliphatic heterocycles. The van der Waals surface area contributed by atoms with Gasteiger partial charge >= 0.3 is 6.09 Å². The van der Waals surface area contributed by atoms with Crippen LogP contribution in [-0.2, 0) is 43.2 Å². The molecule has 6 rings (SSSR count). The molecule has 1 saturated heterocycles. The van der Waals surface area contributed by atoms with E-state index in [2.05, 4.69) is 10.0 Å². The number of rotatable bonds is 11. The molecule has 0 spiro atoms. The van der Waals surface area contributed by atoms with Gasteiger partial charge in [-0.15, -0.1) is 0 Å². The lowest BCUT2D eigenvalue weighted by Gasteiger charge is -2.36. The van der Waals surface area contributed by atoms with Crippen molar-refractivity contribution in [1.29, 1.82) is 0 Å². The van der Waals surface area contributed by atoms with Gasteiger partial charge in [-0.25, -0.2) is 13.4 Å². The summed E-state index contributed by atoms with van der Waals surface area (Å²) in [6.45, 7) is 9.94. The van der Waals surface area contributed by atoms with E-state index in [9.17, 15) is 27.8 Å². The Hall–Kier alpha value is -3.51. The standard InChI is InChI=1S/C37H46ClFN4O6S/c1-6-23-16-37(23,34(46)41-50(48)27-10-11-27)17-31(44)30-15-26(49-35(47)42-18-22-8-7-9-29(38)28(22)20-42)19-43(30)33(45)32(36(3,4)5)40-25-13-21(2)12-24(39)14-25/h7-9,12-14,23,26-27,30,32,40H,6,10-11,15-20H2,1-5H3,(H,41,46)/t23-,26-,30+,32-,37-,50?/m1/s1. The molecule has 270 valence electrons. The third-order valence-corrected chi connectivity index (χ3v) is 12.3. The lowest BCUT2D eigenvalue weighted by atomic mass is 9.85. The summed E-state index contributed by atoms with van der Waals surface area (Å²) in [6.07, 6.45) is 1.34. The summed E-state index contributed by atoms with van der Waals surface area (Å²) in [4.78, 5) is 58.8. The Morgan fingerprint density at radius 1 is 1.14 bits per heavy atom. The molecule has 2 N–H and O–H groups in total. The number of amides is 3. The highest BCUT2D eigenvalue weighted by molar-refractivity contribution is 7.84. The van der Waals surface area contributed by atoms with Crippen LogP contribution in [0.1, 0.15) is 82.9 Å². The van der Waals surface area contributed by atoms with Crippen LogP contribution in [-0.4, -0.2) is 67.7 Å². The van der Waals surface area contributed by atoms with Gasteiger partial charge in [0.25, 0.3) is 0 Å². The van der Waals surface area contributed by atoms with E-state index in [1.165, 1.54) is 17.0 Å². The molecule has 1 unspecified atom stereocenters. The maximum atomic E-state index is 14.6. The van der Waals surface area contributed by atoms with Gasteiger partial charge in [0.2, 0.25) is 11.8 Å². The minimum absolute atomic E-state index is 0.0267. The van der Waals surface area contributed by atoms with E-state index in [-0.39, 0.29) is 48.8 Å². The van der Waals surface area contributed by atoms with Crippen LogP contribution < -0.4 is 10.0 Å². The normalized spacial score (nSPS) is 25.5. The van der Waals surface area contributed by atoms with Crippen LogP contribution >= 0.6 is 11.6 Å². The number of halogens is 2. The number of anilines is 1. The van der Waals surface area contributed by atoms with Crippen LogP contribution in [0.4, 0.5) is 14.9 Å². The third kappa shape index (κ3) is 7.56. The summed E-state index contributed by atoms with van der Waals surface area (Å²) >= 11 is 6.37. The smallest absolute Gasteiger partial charge is 0.410 e. The van der Waals surface area contributed by atoms with Crippen LogP contribution in [0.25, 0.3) is 0 Å². The number of fused-ring (bicyclic) bond motifs is 1. The topological polar surface area (TPSA) is 125 Å². The Balaban J connectivity index is 1.24. The molecule has 2 saturated carbocycles. The highest BCUT2D eigenvalue weighted by atomic mass is 35.5. The molecule has 0 bridgehead atoms. The highest BCUT2D eigenvalue weighted by Crippen LogP contribution is 2.58. The van der Waals surface area contributed by atoms with Crippen molar-refractivity contribution in [2.75, 3.05) is 11.9 Å². The number of nitrogens with zero attached hydrogens (tertiary/aromatic N) is 2. The van der Waals surface area contributed by atoms with E-state index < -0.39 is 57.8 Å². The van der Waals surface area contributed by atoms with E-state index in [0.29, 0.717) is 35.7 Å². The molecule has 4 aliphatic rings. The Bertz CT molecular complexity index is 1710. The van der Waals surface area contributed by atoms with Gasteiger partial charge in [-0.1, -0.05) is 57.8 Å². The van der Waals surface area contributed by atoms with Gasteiger partial charge < -0.3 is 15.0 Å². The van der Waals surface area contributed by atoms with Gasteiger partial charge in [-0.05, 0) is 78.5 Å². The first kappa shape index (κ1) is 36.3. The number of ether oxygens (including phenoxy) is 1. The first-order chi connectivity index (χ1) is 23.6. The summed E-state index contributed by atoms with van der Waals surface area (Å²) < 4.78 is 35.6. The second-order valence-electron chi connectivity index (χ2n) is 15.5. The van der Waals surface area contributed by atoms with E-state index in [1.807, 2.05) is 39.8 Å². The van der Waals surface area contributed by atoms with Crippen LogP contribution in [0.3, 0.4) is 0 Å². The second kappa shape index (κ2) is 13.9. The quantitative estimate of drug-likeness (QED) is 0.289. The molecule has 2 aromatic rings. The maximum absolute atomic E-state index is 14.6. The molecule has 10 nitrogen and oxygen atoms in total. The van der Waals surface area contributed by atoms with Crippen LogP contribution in [0.5, 0.6) is 0 Å². The monoisotopic (exact) mass is 728 g/mol. The van der Waals surface area contributed by atoms with Crippen LogP contribution in [0, 0.1) is 29.5 Å². The van der Waals surface area contributed by atoms with Crippen molar-refractivity contribution < 1.29 is 32.5 Å². The van der Waals surface area contributed by atoms with Crippen molar-refractivity contribution in [3.8, 4) is 0 Å². The Labute approximate surface area is 300 Å². The van der Waals surface area contributed by atoms with E-state index in [4.69, 9.17) is 16.3 Å². The molecule has 3 amide bonds. The third-order valence-electron chi connectivity index (χ3n) is 10.5. The van der Waals surface area contributed by atoms with Gasteiger partial charge in [-0.3, -0.25) is 24.0 Å². The Kier molecular flexibility index (Phi) is 10.1. The van der Waals surface area contributed by atoms with E-state index in [0.717, 1.165) is 24.0 Å². The number of aryl methyl sites for hydroxylation is 1. The fraction of sp³-hybridized carbons (Fsp3) is 0.568. The fourth-order valence-corrected chi connectivity index (χ4v) is 8.81. The molecule has 3 fully saturated rings. The number of carbonyl (C=O) groups excluding carboxylic acids is 4. The van der Waals surface area contributed by atoms with Crippen LogP contribution in [0.2, 0.25) is 5.02 Å². The first-order valence-corrected chi connectivity index (χ1v) is 19.0. The van der Waals surface area contributed by atoms with Gasteiger partial charge in [-0.2, -0.15) is 0 Å². The molecule has 13 heteroatoms. The predicted octanol–water partition coefficient (Wildman–Crippen LogP) is 6.05. The molecule has 6 atom stereocenters. The molecule has 0 aromatic heterocycles. The molecule has 2 aromatic carbocycles. The number of hydrogen-bond acceptors (Lipinski definition) is 7. The van der Waals surface area contributed by atoms with Gasteiger partial charge in [0.15, 0.2) is 5.78 Å². The van der Waals surface area contributed by atoms with Crippen molar-refractivity contribution in [3.63, 3.8) is 0 Å². The average Bonchev–Trinajstić information content (AvgIpc) is 3.92. The number of ketones is 1. The molecular weight excluding hydrogens is 683 g/mol. The summed E-state index contributed by atoms with van der Waals surface area (Å²) in [5, 5.41) is 3.74. The Morgan fingerprint density at radius 3 is 2.50 bits per heavy atom. The molecular formula is C37H46ClFN4O6S. The number of carbonyl (C=O) groups is 4. The molecule has 50 heavy (non-hydrogen) atoms. The van der Waals surface area contributed by atoms with Crippen molar-refractivity contribution in [2.24, 2.45) is 16.7 Å². The second-order valence-corrected chi connectivity index (χ2v) is 17.4. The number of hydrogen-bond donors (Lipinski definition) is 2. The van der Waals surface area contributed by atoms with Crippen molar-refractivity contribution in [1.82, 2.24) is 14.5 Å². The molecule has 0 radical (unpaired) electrons. The zero-order chi connectivity index (χ0) is 36.1. The summed E-state index contributed by atoms with van der Waals surface area (Å²) in [7, 11) is -1.50. The van der Waals surface area contributed by atoms with E-state index >= 15 is 0 Å². The highest BCUT2D eigenvalue weighted by Gasteiger charge is 2.61. The lowest BCUT2D eigenvalue weighted by Crippen LogP contribution is -2.53. The van der Waals surface area contributed by atoms with Gasteiger partial charge in [0.1, 0.15) is 28.9 Å². The zero-order valence-electron chi connectivity index (χ0n) is 29.2. The minimum Gasteiger partial charge on any atom is -0.444 e. The first-order valence-electron chi connectivity index (χ1n) is 17.4. The van der Waals surface area contributed by atoms with Gasteiger partial charge in [0, 0.05) is 30.1 Å². The summed E-state index contributed by atoms with van der Waals surface area (Å²) in [5.74, 6) is -1.58. The largest absolute Gasteiger partial charge is 0.444 e. The van der Waals surface area contributed by atoms with Crippen molar-refractivity contribution in [2.45, 2.75) is 110 Å². The summed E-state index contributed by atoms with van der Waals surface area (Å²) in [6, 6.07) is 8.14. The predicted molar refractivity (Wildman–Crippen MR) is 189 cm³/mol. The Morgan fingerprint density at radius 2 is 1.88 bits per heavy atom. The molecule has 2 heterocycles. The van der Waals surface area contributed by atoms with Crippen molar-refractivity contribution >= 4 is 52.0 Å². The fourth-order valence-electron chi connectivity index (χ4n) is 7.44. The number of nitrogens with one attached hydrogen (secondary N) is 2. The zero-order valence-corrected chi connectivity index (χ0v) is 30.8. The molecule has 2 aliphatic carbocycles. The summed E-state index contributed by atoms with van der Waals surface area (Å²) in [5.41, 5.74) is 1.23. The number of benzene rings is 2. The van der Waals surface area contributed by atoms with Crippen LogP contribution in [0.15, 0.2) is 36.4 Å². The number of likely N-dealkylation sites (tertiary alicyclic amines) is 1. The van der Waals surface area contributed by atoms with Gasteiger partial charge in [0.05, 0.1) is 29.8 Å². The van der Waals surface area contributed by atoms with E-state index in [1.54, 1.807) is 24.0 Å². The average molecular weight is 729 g/mol. The van der Waals surface area contributed by atoms with Crippen molar-refractivity contribution in [3.05, 3.63) is 63.9 Å². The number of Topliss-reactive ketones (excluding diaryl/α,β-unsaturated/α-hetero) is 1. The maximum Gasteiger partial charge on any atom is 0.410 e. The minimum atomic E-state index is -1.50.